The van der Waals surface area contributed by atoms with Gasteiger partial charge in [-0.15, -0.1) is 0 Å². The van der Waals surface area contributed by atoms with Gasteiger partial charge in [0.1, 0.15) is 0 Å². The van der Waals surface area contributed by atoms with Crippen LogP contribution in [0.25, 0.3) is 0 Å². The Morgan fingerprint density at radius 1 is 1.50 bits per heavy atom. The van der Waals surface area contributed by atoms with Crippen molar-refractivity contribution >= 4 is 10.8 Å². The Hall–Kier alpha value is -0.740. The molecule has 4 heteroatoms. The summed E-state index contributed by atoms with van der Waals surface area (Å²) in [6, 6.07) is 3.86. The summed E-state index contributed by atoms with van der Waals surface area (Å²) in [6.45, 7) is 1.91. The minimum Gasteiger partial charge on any atom is -0.315 e. The van der Waals surface area contributed by atoms with Gasteiger partial charge < -0.3 is 5.32 Å². The van der Waals surface area contributed by atoms with Gasteiger partial charge in [-0.05, 0) is 30.7 Å². The van der Waals surface area contributed by atoms with Crippen LogP contribution >= 0.6 is 0 Å². The Balaban J connectivity index is 1.94. The highest BCUT2D eigenvalue weighted by atomic mass is 32.2. The molecule has 0 bridgehead atoms. The van der Waals surface area contributed by atoms with E-state index in [1.165, 1.54) is 0 Å². The third-order valence-electron chi connectivity index (χ3n) is 2.45. The van der Waals surface area contributed by atoms with E-state index in [0.717, 1.165) is 25.1 Å². The fourth-order valence-corrected chi connectivity index (χ4v) is 3.05. The Bertz CT molecular complexity index is 309. The Morgan fingerprint density at radius 2 is 2.29 bits per heavy atom. The zero-order chi connectivity index (χ0) is 9.80. The molecule has 1 aromatic rings. The van der Waals surface area contributed by atoms with Crippen molar-refractivity contribution in [1.29, 1.82) is 0 Å². The van der Waals surface area contributed by atoms with Gasteiger partial charge >= 0.3 is 0 Å². The second-order valence-electron chi connectivity index (χ2n) is 3.50. The molecule has 76 valence electrons. The number of rotatable bonds is 3. The fraction of sp³-hybridized carbons (Fsp3) is 0.500. The van der Waals surface area contributed by atoms with E-state index in [-0.39, 0.29) is 0 Å². The van der Waals surface area contributed by atoms with E-state index in [0.29, 0.717) is 11.0 Å². The van der Waals surface area contributed by atoms with Crippen LogP contribution in [0.5, 0.6) is 0 Å². The number of aromatic nitrogens is 1. The minimum atomic E-state index is -0.737. The van der Waals surface area contributed by atoms with E-state index >= 15 is 0 Å². The molecule has 1 fully saturated rings. The smallest absolute Gasteiger partial charge is 0.0490 e. The number of hydrogen-bond donors (Lipinski definition) is 1. The molecule has 2 unspecified atom stereocenters. The van der Waals surface area contributed by atoms with Crippen LogP contribution in [-0.2, 0) is 16.6 Å². The summed E-state index contributed by atoms with van der Waals surface area (Å²) in [5.74, 6) is 0.662. The summed E-state index contributed by atoms with van der Waals surface area (Å²) in [6.07, 6.45) is 4.54. The second kappa shape index (κ2) is 4.66. The van der Waals surface area contributed by atoms with Crippen molar-refractivity contribution in [2.75, 3.05) is 13.1 Å². The molecule has 0 saturated carbocycles. The van der Waals surface area contributed by atoms with E-state index in [1.54, 1.807) is 12.4 Å². The predicted molar refractivity (Wildman–Crippen MR) is 57.4 cm³/mol. The zero-order valence-corrected chi connectivity index (χ0v) is 8.80. The monoisotopic (exact) mass is 210 g/mol. The lowest BCUT2D eigenvalue weighted by molar-refractivity contribution is 0.672. The van der Waals surface area contributed by atoms with Crippen molar-refractivity contribution in [3.05, 3.63) is 30.1 Å². The van der Waals surface area contributed by atoms with Crippen LogP contribution in [0.2, 0.25) is 0 Å². The molecule has 2 heterocycles. The van der Waals surface area contributed by atoms with Crippen LogP contribution in [0.15, 0.2) is 24.5 Å². The Morgan fingerprint density at radius 3 is 2.93 bits per heavy atom. The van der Waals surface area contributed by atoms with Crippen molar-refractivity contribution in [2.24, 2.45) is 0 Å². The highest BCUT2D eigenvalue weighted by Gasteiger charge is 2.20. The number of nitrogens with one attached hydrogen (secondary N) is 1. The van der Waals surface area contributed by atoms with Crippen molar-refractivity contribution in [2.45, 2.75) is 17.4 Å². The van der Waals surface area contributed by atoms with Crippen molar-refractivity contribution < 1.29 is 4.21 Å². The van der Waals surface area contributed by atoms with Gasteiger partial charge in [0.05, 0.1) is 0 Å². The van der Waals surface area contributed by atoms with E-state index in [2.05, 4.69) is 10.3 Å². The first kappa shape index (κ1) is 9.80. The molecule has 0 aromatic carbocycles. The molecule has 1 saturated heterocycles. The van der Waals surface area contributed by atoms with Gasteiger partial charge in [0, 0.05) is 40.7 Å². The third kappa shape index (κ3) is 2.39. The summed E-state index contributed by atoms with van der Waals surface area (Å²) >= 11 is 0. The van der Waals surface area contributed by atoms with Gasteiger partial charge in [-0.25, -0.2) is 0 Å². The lowest BCUT2D eigenvalue weighted by Gasteiger charge is -2.07. The molecule has 2 atom stereocenters. The molecule has 1 aliphatic rings. The third-order valence-corrected chi connectivity index (χ3v) is 4.21. The maximum atomic E-state index is 11.9. The van der Waals surface area contributed by atoms with E-state index < -0.39 is 10.8 Å². The molecular formula is C10H14N2OS. The van der Waals surface area contributed by atoms with Gasteiger partial charge in [0.2, 0.25) is 0 Å². The predicted octanol–water partition coefficient (Wildman–Crippen LogP) is 0.692. The number of hydrogen-bond acceptors (Lipinski definition) is 3. The maximum Gasteiger partial charge on any atom is 0.0490 e. The van der Waals surface area contributed by atoms with Gasteiger partial charge in [-0.1, -0.05) is 0 Å². The largest absolute Gasteiger partial charge is 0.315 e. The van der Waals surface area contributed by atoms with E-state index in [1.807, 2.05) is 12.1 Å². The number of pyridine rings is 1. The fourth-order valence-electron chi connectivity index (χ4n) is 1.61. The lowest BCUT2D eigenvalue weighted by Crippen LogP contribution is -2.19. The highest BCUT2D eigenvalue weighted by molar-refractivity contribution is 7.84. The number of nitrogens with zero attached hydrogens (tertiary/aromatic N) is 1. The van der Waals surface area contributed by atoms with Gasteiger partial charge in [0.15, 0.2) is 0 Å². The van der Waals surface area contributed by atoms with E-state index in [4.69, 9.17) is 0 Å². The molecule has 3 nitrogen and oxygen atoms in total. The minimum absolute atomic E-state index is 0.336. The SMILES string of the molecule is O=S(Cc1ccncc1)C1CCNC1. The van der Waals surface area contributed by atoms with Crippen LogP contribution in [-0.4, -0.2) is 27.5 Å². The molecule has 0 aliphatic carbocycles. The lowest BCUT2D eigenvalue weighted by atomic mass is 10.3. The van der Waals surface area contributed by atoms with E-state index in [9.17, 15) is 4.21 Å². The van der Waals surface area contributed by atoms with Crippen LogP contribution in [0.1, 0.15) is 12.0 Å². The van der Waals surface area contributed by atoms with Crippen molar-refractivity contribution in [3.8, 4) is 0 Å². The van der Waals surface area contributed by atoms with Gasteiger partial charge in [0.25, 0.3) is 0 Å². The van der Waals surface area contributed by atoms with Crippen LogP contribution in [0, 0.1) is 0 Å². The molecule has 1 aromatic heterocycles. The van der Waals surface area contributed by atoms with Crippen LogP contribution < -0.4 is 5.32 Å². The summed E-state index contributed by atoms with van der Waals surface area (Å²) in [4.78, 5) is 3.94. The molecule has 1 N–H and O–H groups in total. The molecule has 0 amide bonds. The van der Waals surface area contributed by atoms with Gasteiger partial charge in [-0.2, -0.15) is 0 Å². The Labute approximate surface area is 86.4 Å². The standard InChI is InChI=1S/C10H14N2OS/c13-14(10-3-6-12-7-10)8-9-1-4-11-5-2-9/h1-2,4-5,10,12H,3,6-8H2. The molecule has 0 spiro atoms. The first-order valence-electron chi connectivity index (χ1n) is 4.83. The maximum absolute atomic E-state index is 11.9. The average molecular weight is 210 g/mol. The first-order valence-corrected chi connectivity index (χ1v) is 6.21. The summed E-state index contributed by atoms with van der Waals surface area (Å²) in [5, 5.41) is 3.57. The zero-order valence-electron chi connectivity index (χ0n) is 7.98. The molecule has 1 aliphatic heterocycles. The quantitative estimate of drug-likeness (QED) is 0.798. The molecule has 2 rings (SSSR count). The molecular weight excluding hydrogens is 196 g/mol. The normalized spacial score (nSPS) is 23.6. The molecule has 0 radical (unpaired) electrons. The van der Waals surface area contributed by atoms with Crippen LogP contribution in [0.3, 0.4) is 0 Å². The average Bonchev–Trinajstić information content (AvgIpc) is 2.72. The summed E-state index contributed by atoms with van der Waals surface area (Å²) < 4.78 is 11.9. The van der Waals surface area contributed by atoms with Gasteiger partial charge in [-0.3, -0.25) is 9.19 Å². The molecule has 14 heavy (non-hydrogen) atoms. The van der Waals surface area contributed by atoms with Crippen LogP contribution in [0.4, 0.5) is 0 Å². The Kier molecular flexibility index (Phi) is 3.26. The first-order chi connectivity index (χ1) is 6.86. The summed E-state index contributed by atoms with van der Waals surface area (Å²) in [5.41, 5.74) is 1.12. The topological polar surface area (TPSA) is 42.0 Å². The highest BCUT2D eigenvalue weighted by Crippen LogP contribution is 2.11. The van der Waals surface area contributed by atoms with Crippen molar-refractivity contribution in [1.82, 2.24) is 10.3 Å². The second-order valence-corrected chi connectivity index (χ2v) is 5.21. The summed E-state index contributed by atoms with van der Waals surface area (Å²) in [7, 11) is -0.737. The van der Waals surface area contributed by atoms with Crippen molar-refractivity contribution in [3.63, 3.8) is 0 Å².